The van der Waals surface area contributed by atoms with Crippen LogP contribution < -0.4 is 0 Å². The molecule has 0 aromatic carbocycles. The summed E-state index contributed by atoms with van der Waals surface area (Å²) in [5.41, 5.74) is 2.87. The number of ketones is 1. The predicted octanol–water partition coefficient (Wildman–Crippen LogP) is 6.38. The predicted molar refractivity (Wildman–Crippen MR) is 131 cm³/mol. The van der Waals surface area contributed by atoms with Gasteiger partial charge in [0, 0.05) is 12.3 Å². The first-order valence-electron chi connectivity index (χ1n) is 13.7. The molecule has 0 saturated heterocycles. The molecular formula is C30H46O3. The second-order valence-electron chi connectivity index (χ2n) is 14.3. The third kappa shape index (κ3) is 2.84. The fourth-order valence-electron chi connectivity index (χ4n) is 10.8. The molecule has 0 aromatic rings. The van der Waals surface area contributed by atoms with E-state index in [1.807, 2.05) is 0 Å². The number of carbonyl (C=O) groups excluding carboxylic acids is 2. The molecule has 0 heterocycles. The SMILES string of the molecule is CC(C)C1=C2C(CC1=O)[C@@H](C=O)C[C@]1(C)[C@@H]2CC[C@@H]2[C@@]3(C)CC[C@H](O)C(C)(C)[C@@H]3CC[C@]21C. The van der Waals surface area contributed by atoms with Crippen molar-refractivity contribution in [2.24, 2.45) is 57.2 Å². The zero-order valence-electron chi connectivity index (χ0n) is 22.0. The van der Waals surface area contributed by atoms with Crippen molar-refractivity contribution in [1.29, 1.82) is 0 Å². The number of aliphatic hydroxyl groups is 1. The third-order valence-electron chi connectivity index (χ3n) is 12.6. The van der Waals surface area contributed by atoms with Gasteiger partial charge in [0.1, 0.15) is 6.29 Å². The fraction of sp³-hybridized carbons (Fsp3) is 0.867. The summed E-state index contributed by atoms with van der Waals surface area (Å²) >= 11 is 0. The summed E-state index contributed by atoms with van der Waals surface area (Å²) < 4.78 is 0. The van der Waals surface area contributed by atoms with Crippen LogP contribution in [-0.4, -0.2) is 23.3 Å². The van der Waals surface area contributed by atoms with Crippen LogP contribution in [0.15, 0.2) is 11.1 Å². The van der Waals surface area contributed by atoms with E-state index < -0.39 is 0 Å². The first-order chi connectivity index (χ1) is 15.3. The van der Waals surface area contributed by atoms with E-state index in [0.717, 1.165) is 31.3 Å². The van der Waals surface area contributed by atoms with Crippen LogP contribution in [0, 0.1) is 57.2 Å². The van der Waals surface area contributed by atoms with Gasteiger partial charge in [-0.1, -0.05) is 54.0 Å². The van der Waals surface area contributed by atoms with Gasteiger partial charge in [-0.3, -0.25) is 4.79 Å². The van der Waals surface area contributed by atoms with Gasteiger partial charge in [-0.2, -0.15) is 0 Å². The van der Waals surface area contributed by atoms with Gasteiger partial charge >= 0.3 is 0 Å². The van der Waals surface area contributed by atoms with Crippen LogP contribution in [0.1, 0.15) is 99.8 Å². The Morgan fingerprint density at radius 3 is 2.27 bits per heavy atom. The van der Waals surface area contributed by atoms with E-state index in [2.05, 4.69) is 48.5 Å². The summed E-state index contributed by atoms with van der Waals surface area (Å²) in [6.07, 6.45) is 9.23. The Bertz CT molecular complexity index is 898. The van der Waals surface area contributed by atoms with Gasteiger partial charge in [0.25, 0.3) is 0 Å². The number of Topliss-reactive ketones (excluding diaryl/α,β-unsaturated/α-hetero) is 1. The number of fused-ring (bicyclic) bond motifs is 7. The van der Waals surface area contributed by atoms with Crippen molar-refractivity contribution in [3.05, 3.63) is 11.1 Å². The first kappa shape index (κ1) is 23.8. The highest BCUT2D eigenvalue weighted by Crippen LogP contribution is 2.75. The van der Waals surface area contributed by atoms with Gasteiger partial charge in [0.15, 0.2) is 5.78 Å². The molecule has 0 aliphatic heterocycles. The monoisotopic (exact) mass is 454 g/mol. The second-order valence-corrected chi connectivity index (χ2v) is 14.3. The van der Waals surface area contributed by atoms with Gasteiger partial charge in [-0.25, -0.2) is 0 Å². The van der Waals surface area contributed by atoms with Crippen molar-refractivity contribution in [2.45, 2.75) is 106 Å². The molecule has 9 atom stereocenters. The number of allylic oxidation sites excluding steroid dienone is 2. The molecule has 3 heteroatoms. The lowest BCUT2D eigenvalue weighted by molar-refractivity contribution is -0.228. The van der Waals surface area contributed by atoms with Crippen LogP contribution in [-0.2, 0) is 9.59 Å². The molecule has 5 rings (SSSR count). The van der Waals surface area contributed by atoms with Gasteiger partial charge in [-0.15, -0.1) is 0 Å². The molecule has 4 fully saturated rings. The topological polar surface area (TPSA) is 54.4 Å². The lowest BCUT2D eigenvalue weighted by atomic mass is 9.33. The molecule has 0 aromatic heterocycles. The molecule has 33 heavy (non-hydrogen) atoms. The second kappa shape index (κ2) is 7.28. The molecule has 0 spiro atoms. The van der Waals surface area contributed by atoms with Gasteiger partial charge in [-0.05, 0) is 102 Å². The highest BCUT2D eigenvalue weighted by atomic mass is 16.3. The molecule has 4 saturated carbocycles. The quantitative estimate of drug-likeness (QED) is 0.492. The maximum absolute atomic E-state index is 13.1. The minimum Gasteiger partial charge on any atom is -0.393 e. The van der Waals surface area contributed by atoms with E-state index in [4.69, 9.17) is 0 Å². The smallest absolute Gasteiger partial charge is 0.159 e. The Morgan fingerprint density at radius 1 is 0.939 bits per heavy atom. The summed E-state index contributed by atoms with van der Waals surface area (Å²) in [7, 11) is 0. The van der Waals surface area contributed by atoms with Crippen molar-refractivity contribution >= 4 is 12.1 Å². The Hall–Kier alpha value is -0.960. The summed E-state index contributed by atoms with van der Waals surface area (Å²) in [6.45, 7) is 16.5. The van der Waals surface area contributed by atoms with E-state index in [1.165, 1.54) is 31.1 Å². The maximum atomic E-state index is 13.1. The van der Waals surface area contributed by atoms with Crippen LogP contribution in [0.2, 0.25) is 0 Å². The van der Waals surface area contributed by atoms with Crippen molar-refractivity contribution < 1.29 is 14.7 Å². The van der Waals surface area contributed by atoms with Crippen LogP contribution in [0.25, 0.3) is 0 Å². The molecule has 1 N–H and O–H groups in total. The Balaban J connectivity index is 1.62. The van der Waals surface area contributed by atoms with Crippen LogP contribution in [0.3, 0.4) is 0 Å². The van der Waals surface area contributed by atoms with Crippen LogP contribution in [0.5, 0.6) is 0 Å². The number of aldehydes is 1. The summed E-state index contributed by atoms with van der Waals surface area (Å²) in [6, 6.07) is 0. The third-order valence-corrected chi connectivity index (χ3v) is 12.6. The Morgan fingerprint density at radius 2 is 1.64 bits per heavy atom. The molecule has 1 unspecified atom stereocenters. The molecule has 0 bridgehead atoms. The largest absolute Gasteiger partial charge is 0.393 e. The number of hydrogen-bond acceptors (Lipinski definition) is 3. The van der Waals surface area contributed by atoms with E-state index in [9.17, 15) is 14.7 Å². The molecule has 0 radical (unpaired) electrons. The number of carbonyl (C=O) groups is 2. The highest BCUT2D eigenvalue weighted by molar-refractivity contribution is 6.00. The number of aliphatic hydroxyl groups excluding tert-OH is 1. The molecule has 0 amide bonds. The molecule has 184 valence electrons. The van der Waals surface area contributed by atoms with Crippen molar-refractivity contribution in [3.63, 3.8) is 0 Å². The molecule has 3 nitrogen and oxygen atoms in total. The Kier molecular flexibility index (Phi) is 5.24. The van der Waals surface area contributed by atoms with Crippen molar-refractivity contribution in [1.82, 2.24) is 0 Å². The average Bonchev–Trinajstić information content (AvgIpc) is 3.08. The zero-order chi connectivity index (χ0) is 24.1. The van der Waals surface area contributed by atoms with Crippen molar-refractivity contribution in [3.8, 4) is 0 Å². The summed E-state index contributed by atoms with van der Waals surface area (Å²) in [5.74, 6) is 2.28. The maximum Gasteiger partial charge on any atom is 0.159 e. The molecule has 5 aliphatic carbocycles. The molecule has 5 aliphatic rings. The minimum atomic E-state index is -0.204. The van der Waals surface area contributed by atoms with E-state index in [-0.39, 0.29) is 45.5 Å². The van der Waals surface area contributed by atoms with Crippen molar-refractivity contribution in [2.75, 3.05) is 0 Å². The summed E-state index contributed by atoms with van der Waals surface area (Å²) in [4.78, 5) is 25.5. The minimum absolute atomic E-state index is 0.0211. The lowest BCUT2D eigenvalue weighted by Gasteiger charge is -2.71. The average molecular weight is 455 g/mol. The summed E-state index contributed by atoms with van der Waals surface area (Å²) in [5, 5.41) is 10.9. The lowest BCUT2D eigenvalue weighted by Crippen LogP contribution is -2.65. The van der Waals surface area contributed by atoms with E-state index in [0.29, 0.717) is 30.0 Å². The van der Waals surface area contributed by atoms with Gasteiger partial charge < -0.3 is 9.90 Å². The first-order valence-corrected chi connectivity index (χ1v) is 13.7. The van der Waals surface area contributed by atoms with E-state index >= 15 is 0 Å². The number of hydrogen-bond donors (Lipinski definition) is 1. The van der Waals surface area contributed by atoms with Crippen LogP contribution >= 0.6 is 0 Å². The zero-order valence-corrected chi connectivity index (χ0v) is 22.0. The van der Waals surface area contributed by atoms with E-state index in [1.54, 1.807) is 0 Å². The Labute approximate surface area is 201 Å². The van der Waals surface area contributed by atoms with Crippen LogP contribution in [0.4, 0.5) is 0 Å². The number of rotatable bonds is 2. The highest BCUT2D eigenvalue weighted by Gasteiger charge is 2.69. The van der Waals surface area contributed by atoms with Gasteiger partial charge in [0.05, 0.1) is 6.10 Å². The fourth-order valence-corrected chi connectivity index (χ4v) is 10.8. The standard InChI is InChI=1S/C30H46O3/c1-17(2)25-21(32)14-19-18(16-31)15-30(7)20(26(19)25)8-9-23-28(5)12-11-24(33)27(3,4)22(28)10-13-29(23,30)6/h16-20,22-24,33H,8-15H2,1-7H3/t18-,19?,20-,22+,23-,24+,28+,29-,30-/m1/s1. The normalized spacial score (nSPS) is 51.0. The van der Waals surface area contributed by atoms with Gasteiger partial charge in [0.2, 0.25) is 0 Å². The molecular weight excluding hydrogens is 408 g/mol.